The minimum Gasteiger partial charge on any atom is -0.490 e. The van der Waals surface area contributed by atoms with Crippen molar-refractivity contribution in [3.63, 3.8) is 0 Å². The lowest BCUT2D eigenvalue weighted by Gasteiger charge is -2.12. The predicted molar refractivity (Wildman–Crippen MR) is 118 cm³/mol. The molecule has 1 amide bonds. The number of halogens is 1. The van der Waals surface area contributed by atoms with Gasteiger partial charge in [-0.05, 0) is 31.0 Å². The number of carbonyl (C=O) groups is 1. The Balaban J connectivity index is 1.86. The number of nitrogens with one attached hydrogen (secondary N) is 1. The Morgan fingerprint density at radius 3 is 2.85 bits per heavy atom. The number of amides is 1. The van der Waals surface area contributed by atoms with Gasteiger partial charge in [-0.3, -0.25) is 4.79 Å². The second-order valence-electron chi connectivity index (χ2n) is 7.36. The van der Waals surface area contributed by atoms with Gasteiger partial charge in [0.2, 0.25) is 0 Å². The van der Waals surface area contributed by atoms with Gasteiger partial charge < -0.3 is 19.7 Å². The molecule has 1 aromatic heterocycles. The summed E-state index contributed by atoms with van der Waals surface area (Å²) in [4.78, 5) is 12.6. The minimum absolute atomic E-state index is 0.0835. The second kappa shape index (κ2) is 9.86. The molecule has 9 nitrogen and oxygen atoms in total. The summed E-state index contributed by atoms with van der Waals surface area (Å²) in [6.45, 7) is 2.93. The number of hydrogen-bond donors (Lipinski definition) is 2. The number of aromatic nitrogens is 1. The number of aliphatic hydroxyl groups excluding tert-OH is 1. The van der Waals surface area contributed by atoms with Gasteiger partial charge in [-0.25, -0.2) is 4.39 Å². The maximum absolute atomic E-state index is 13.6. The summed E-state index contributed by atoms with van der Waals surface area (Å²) in [5.41, 5.74) is -0.294. The molecule has 11 heteroatoms. The Morgan fingerprint density at radius 1 is 1.48 bits per heavy atom. The zero-order chi connectivity index (χ0) is 24.2. The van der Waals surface area contributed by atoms with Crippen LogP contribution in [0, 0.1) is 34.9 Å². The number of sulfonamides is 1. The van der Waals surface area contributed by atoms with Gasteiger partial charge in [0.25, 0.3) is 15.9 Å². The van der Waals surface area contributed by atoms with Crippen LogP contribution in [-0.2, 0) is 17.1 Å². The van der Waals surface area contributed by atoms with E-state index in [0.29, 0.717) is 5.92 Å². The molecule has 172 valence electrons. The van der Waals surface area contributed by atoms with Crippen LogP contribution in [0.25, 0.3) is 0 Å². The topological polar surface area (TPSA) is 134 Å². The normalized spacial score (nSPS) is 13.9. The summed E-state index contributed by atoms with van der Waals surface area (Å²) in [5, 5.41) is 21.5. The minimum atomic E-state index is -4.21. The molecule has 2 N–H and O–H groups in total. The van der Waals surface area contributed by atoms with E-state index in [2.05, 4.69) is 28.3 Å². The number of anilines is 1. The maximum Gasteiger partial charge on any atom is 0.286 e. The molecule has 0 bridgehead atoms. The van der Waals surface area contributed by atoms with Gasteiger partial charge in [0.15, 0.2) is 11.4 Å². The SMILES string of the molecule is C=NS(=O)(=O)c1cn(C)c(C(=O)Nc2ccc(F)c(C#N)c2)c1OCC[C@@H](O)C#CC1CC1. The van der Waals surface area contributed by atoms with E-state index >= 15 is 0 Å². The Hall–Kier alpha value is -3.67. The van der Waals surface area contributed by atoms with Crippen LogP contribution in [0.2, 0.25) is 0 Å². The molecular weight excluding hydrogens is 451 g/mol. The van der Waals surface area contributed by atoms with Crippen LogP contribution < -0.4 is 10.1 Å². The lowest BCUT2D eigenvalue weighted by molar-refractivity contribution is 0.101. The van der Waals surface area contributed by atoms with Crippen LogP contribution in [0.5, 0.6) is 5.75 Å². The lowest BCUT2D eigenvalue weighted by atomic mass is 10.2. The highest BCUT2D eigenvalue weighted by molar-refractivity contribution is 7.90. The standard InChI is InChI=1S/C22H21FN4O5S/c1-25-33(30,31)19-13-27(2)20(21(19)32-10-9-17(28)7-5-14-3-4-14)22(29)26-16-6-8-18(23)15(11-16)12-24/h6,8,11,13-14,17,28H,1,3-4,9-10H2,2H3,(H,26,29)/t17-/m0/s1. The third-order valence-electron chi connectivity index (χ3n) is 4.78. The second-order valence-corrected chi connectivity index (χ2v) is 9.01. The number of aryl methyl sites for hydroxylation is 1. The van der Waals surface area contributed by atoms with Crippen LogP contribution in [-0.4, -0.2) is 43.4 Å². The molecule has 1 atom stereocenters. The van der Waals surface area contributed by atoms with Crippen molar-refractivity contribution in [2.45, 2.75) is 30.3 Å². The number of benzene rings is 1. The number of nitriles is 1. The third-order valence-corrected chi connectivity index (χ3v) is 5.97. The van der Waals surface area contributed by atoms with E-state index in [0.717, 1.165) is 31.2 Å². The number of rotatable bonds is 8. The Kier molecular flexibility index (Phi) is 7.16. The lowest BCUT2D eigenvalue weighted by Crippen LogP contribution is -2.18. The summed E-state index contributed by atoms with van der Waals surface area (Å²) < 4.78 is 48.3. The van der Waals surface area contributed by atoms with Crippen molar-refractivity contribution in [2.24, 2.45) is 17.4 Å². The highest BCUT2D eigenvalue weighted by Gasteiger charge is 2.29. The van der Waals surface area contributed by atoms with Crippen LogP contribution in [0.3, 0.4) is 0 Å². The molecule has 0 spiro atoms. The molecule has 1 aliphatic rings. The smallest absolute Gasteiger partial charge is 0.286 e. The molecule has 0 aliphatic heterocycles. The maximum atomic E-state index is 13.6. The first-order chi connectivity index (χ1) is 15.7. The fraction of sp³-hybridized carbons (Fsp3) is 0.318. The average molecular weight is 472 g/mol. The van der Waals surface area contributed by atoms with Gasteiger partial charge in [0, 0.05) is 38.0 Å². The van der Waals surface area contributed by atoms with E-state index in [9.17, 15) is 22.7 Å². The molecule has 1 aromatic carbocycles. The van der Waals surface area contributed by atoms with Gasteiger partial charge in [0.05, 0.1) is 12.2 Å². The molecule has 1 fully saturated rings. The average Bonchev–Trinajstić information content (AvgIpc) is 3.55. The van der Waals surface area contributed by atoms with Crippen molar-refractivity contribution in [1.29, 1.82) is 5.26 Å². The Morgan fingerprint density at radius 2 is 2.21 bits per heavy atom. The first-order valence-electron chi connectivity index (χ1n) is 9.91. The molecule has 0 radical (unpaired) electrons. The number of nitrogens with zero attached hydrogens (tertiary/aromatic N) is 3. The molecule has 1 saturated carbocycles. The first-order valence-corrected chi connectivity index (χ1v) is 11.4. The fourth-order valence-electron chi connectivity index (χ4n) is 2.90. The number of aliphatic hydroxyl groups is 1. The van der Waals surface area contributed by atoms with Gasteiger partial charge in [-0.15, -0.1) is 0 Å². The largest absolute Gasteiger partial charge is 0.490 e. The van der Waals surface area contributed by atoms with Crippen molar-refractivity contribution in [3.8, 4) is 23.7 Å². The van der Waals surface area contributed by atoms with Crippen molar-refractivity contribution < 1.29 is 27.4 Å². The first kappa shape index (κ1) is 24.0. The number of hydrogen-bond acceptors (Lipinski definition) is 6. The van der Waals surface area contributed by atoms with E-state index in [1.807, 2.05) is 0 Å². The van der Waals surface area contributed by atoms with Crippen molar-refractivity contribution in [2.75, 3.05) is 11.9 Å². The van der Waals surface area contributed by atoms with Gasteiger partial charge in [-0.2, -0.15) is 18.1 Å². The number of ether oxygens (including phenoxy) is 1. The highest BCUT2D eigenvalue weighted by atomic mass is 32.2. The van der Waals surface area contributed by atoms with E-state index < -0.39 is 27.9 Å². The number of carbonyl (C=O) groups excluding carboxylic acids is 1. The van der Waals surface area contributed by atoms with Gasteiger partial charge in [0.1, 0.15) is 22.9 Å². The third kappa shape index (κ3) is 5.77. The van der Waals surface area contributed by atoms with Crippen molar-refractivity contribution >= 4 is 28.3 Å². The Bertz CT molecular complexity index is 1300. The monoisotopic (exact) mass is 472 g/mol. The zero-order valence-corrected chi connectivity index (χ0v) is 18.5. The van der Waals surface area contributed by atoms with Crippen LogP contribution in [0.4, 0.5) is 10.1 Å². The van der Waals surface area contributed by atoms with E-state index in [1.54, 1.807) is 6.07 Å². The highest BCUT2D eigenvalue weighted by Crippen LogP contribution is 2.32. The quantitative estimate of drug-likeness (QED) is 0.447. The summed E-state index contributed by atoms with van der Waals surface area (Å²) in [7, 11) is -2.78. The Labute approximate surface area is 190 Å². The summed E-state index contributed by atoms with van der Waals surface area (Å²) in [6, 6.07) is 5.11. The molecule has 3 rings (SSSR count). The van der Waals surface area contributed by atoms with Gasteiger partial charge >= 0.3 is 0 Å². The van der Waals surface area contributed by atoms with E-state index in [1.165, 1.54) is 17.7 Å². The zero-order valence-electron chi connectivity index (χ0n) is 17.7. The van der Waals surface area contributed by atoms with Crippen molar-refractivity contribution in [1.82, 2.24) is 4.57 Å². The van der Waals surface area contributed by atoms with Crippen molar-refractivity contribution in [3.05, 3.63) is 41.5 Å². The molecule has 1 aliphatic carbocycles. The van der Waals surface area contributed by atoms with Crippen LogP contribution >= 0.6 is 0 Å². The summed E-state index contributed by atoms with van der Waals surface area (Å²) in [5.74, 6) is 4.18. The molecule has 0 unspecified atom stereocenters. The molecule has 1 heterocycles. The molecular formula is C22H21FN4O5S. The van der Waals surface area contributed by atoms with E-state index in [4.69, 9.17) is 10.00 Å². The van der Waals surface area contributed by atoms with E-state index in [-0.39, 0.29) is 40.6 Å². The molecule has 0 saturated heterocycles. The van der Waals surface area contributed by atoms with Crippen LogP contribution in [0.15, 0.2) is 33.7 Å². The summed E-state index contributed by atoms with van der Waals surface area (Å²) in [6.07, 6.45) is 2.30. The predicted octanol–water partition coefficient (Wildman–Crippen LogP) is 2.22. The molecule has 2 aromatic rings. The molecule has 33 heavy (non-hydrogen) atoms. The van der Waals surface area contributed by atoms with Gasteiger partial charge in [-0.1, -0.05) is 11.8 Å². The van der Waals surface area contributed by atoms with Crippen LogP contribution in [0.1, 0.15) is 35.3 Å². The summed E-state index contributed by atoms with van der Waals surface area (Å²) >= 11 is 0. The fourth-order valence-corrected chi connectivity index (χ4v) is 3.72.